The monoisotopic (exact) mass is 580 g/mol. The van der Waals surface area contributed by atoms with Gasteiger partial charge in [0.2, 0.25) is 5.75 Å². The number of aromatic nitrogens is 2. The van der Waals surface area contributed by atoms with E-state index in [1.807, 2.05) is 6.92 Å². The molecule has 10 nitrogen and oxygen atoms in total. The van der Waals surface area contributed by atoms with Crippen molar-refractivity contribution in [2.24, 2.45) is 5.10 Å². The molecule has 0 bridgehead atoms. The molecule has 12 heteroatoms. The molecule has 1 atom stereocenters. The summed E-state index contributed by atoms with van der Waals surface area (Å²) < 4.78 is 7.57. The Labute approximate surface area is 204 Å². The van der Waals surface area contributed by atoms with Crippen molar-refractivity contribution in [1.29, 1.82) is 0 Å². The maximum atomic E-state index is 13.2. The van der Waals surface area contributed by atoms with Crippen LogP contribution in [0.25, 0.3) is 10.9 Å². The first-order valence-electron chi connectivity index (χ1n) is 9.75. The minimum Gasteiger partial charge on any atom is -0.479 e. The first-order chi connectivity index (χ1) is 15.6. The van der Waals surface area contributed by atoms with Crippen LogP contribution < -0.4 is 10.3 Å². The number of benzene rings is 2. The van der Waals surface area contributed by atoms with Crippen molar-refractivity contribution in [1.82, 2.24) is 9.66 Å². The third-order valence-corrected chi connectivity index (χ3v) is 5.51. The van der Waals surface area contributed by atoms with E-state index < -0.39 is 28.2 Å². The number of carboxylic acid groups (broad SMARTS) is 1. The van der Waals surface area contributed by atoms with Crippen molar-refractivity contribution in [3.05, 3.63) is 71.1 Å². The number of fused-ring (bicyclic) bond motifs is 1. The summed E-state index contributed by atoms with van der Waals surface area (Å²) >= 11 is 6.55. The lowest BCUT2D eigenvalue weighted by Crippen LogP contribution is -2.24. The van der Waals surface area contributed by atoms with Gasteiger partial charge in [0.25, 0.3) is 5.56 Å². The summed E-state index contributed by atoms with van der Waals surface area (Å²) in [7, 11) is 0. The zero-order chi connectivity index (χ0) is 24.3. The van der Waals surface area contributed by atoms with Gasteiger partial charge >= 0.3 is 11.7 Å². The molecule has 0 aliphatic carbocycles. The van der Waals surface area contributed by atoms with Gasteiger partial charge in [-0.2, -0.15) is 9.78 Å². The van der Waals surface area contributed by atoms with E-state index in [9.17, 15) is 24.8 Å². The first-order valence-corrected chi connectivity index (χ1v) is 11.3. The van der Waals surface area contributed by atoms with E-state index in [4.69, 9.17) is 4.74 Å². The molecule has 0 saturated heterocycles. The minimum absolute atomic E-state index is 0.118. The normalized spacial score (nSPS) is 12.2. The van der Waals surface area contributed by atoms with E-state index in [2.05, 4.69) is 41.9 Å². The van der Waals surface area contributed by atoms with Gasteiger partial charge in [-0.1, -0.05) is 38.8 Å². The summed E-state index contributed by atoms with van der Waals surface area (Å²) in [6.07, 6.45) is 1.04. The molecule has 3 rings (SSSR count). The van der Waals surface area contributed by atoms with Crippen LogP contribution in [0.1, 0.15) is 31.7 Å². The number of carboxylic acids is 1. The van der Waals surface area contributed by atoms with Crippen molar-refractivity contribution in [2.75, 3.05) is 0 Å². The summed E-state index contributed by atoms with van der Waals surface area (Å²) in [6.45, 7) is 3.19. The average Bonchev–Trinajstić information content (AvgIpc) is 2.75. The molecule has 0 amide bonds. The van der Waals surface area contributed by atoms with E-state index in [0.29, 0.717) is 38.5 Å². The van der Waals surface area contributed by atoms with Gasteiger partial charge in [0.1, 0.15) is 5.82 Å². The van der Waals surface area contributed by atoms with Crippen LogP contribution in [-0.4, -0.2) is 38.0 Å². The molecule has 1 N–H and O–H groups in total. The van der Waals surface area contributed by atoms with Crippen LogP contribution in [0.5, 0.6) is 5.75 Å². The highest BCUT2D eigenvalue weighted by Gasteiger charge is 2.25. The molecular weight excluding hydrogens is 564 g/mol. The number of nitrogens with zero attached hydrogens (tertiary/aromatic N) is 4. The maximum absolute atomic E-state index is 13.2. The lowest BCUT2D eigenvalue weighted by molar-refractivity contribution is -0.386. The fraction of sp³-hybridized carbons (Fsp3) is 0.238. The predicted molar refractivity (Wildman–Crippen MR) is 129 cm³/mol. The molecule has 0 aliphatic heterocycles. The number of carbonyl (C=O) groups is 1. The Morgan fingerprint density at radius 3 is 2.70 bits per heavy atom. The maximum Gasteiger partial charge on any atom is 0.344 e. The highest BCUT2D eigenvalue weighted by molar-refractivity contribution is 9.10. The molecular formula is C21H18Br2N4O6. The van der Waals surface area contributed by atoms with Crippen LogP contribution in [0, 0.1) is 10.1 Å². The number of ether oxygens (including phenoxy) is 1. The lowest BCUT2D eigenvalue weighted by atomic mass is 10.2. The van der Waals surface area contributed by atoms with E-state index in [0.717, 1.165) is 4.68 Å². The van der Waals surface area contributed by atoms with Gasteiger partial charge in [-0.3, -0.25) is 14.9 Å². The van der Waals surface area contributed by atoms with E-state index >= 15 is 0 Å². The van der Waals surface area contributed by atoms with Crippen molar-refractivity contribution < 1.29 is 19.6 Å². The van der Waals surface area contributed by atoms with Gasteiger partial charge < -0.3 is 9.84 Å². The van der Waals surface area contributed by atoms with Crippen LogP contribution in [-0.2, 0) is 11.2 Å². The molecule has 0 radical (unpaired) electrons. The molecule has 1 aromatic heterocycles. The average molecular weight is 582 g/mol. The fourth-order valence-corrected chi connectivity index (χ4v) is 3.83. The smallest absolute Gasteiger partial charge is 0.344 e. The van der Waals surface area contributed by atoms with Gasteiger partial charge in [0, 0.05) is 27.0 Å². The molecule has 0 unspecified atom stereocenters. The Balaban J connectivity index is 2.21. The summed E-state index contributed by atoms with van der Waals surface area (Å²) in [5, 5.41) is 25.4. The lowest BCUT2D eigenvalue weighted by Gasteiger charge is -2.13. The number of aliphatic carboxylic acids is 1. The Morgan fingerprint density at radius 1 is 1.33 bits per heavy atom. The minimum atomic E-state index is -1.35. The van der Waals surface area contributed by atoms with Gasteiger partial charge in [-0.25, -0.2) is 9.78 Å². The van der Waals surface area contributed by atoms with Crippen LogP contribution in [0.15, 0.2) is 49.2 Å². The number of halogens is 2. The largest absolute Gasteiger partial charge is 0.479 e. The molecule has 0 saturated carbocycles. The number of hydrogen-bond acceptors (Lipinski definition) is 7. The summed E-state index contributed by atoms with van der Waals surface area (Å²) in [5.74, 6) is -1.15. The third kappa shape index (κ3) is 5.45. The standard InChI is InChI=1S/C21H18Br2N4O6/c1-3-4-18-25-16-6-5-13(22)8-15(16)20(28)26(18)24-10-12-7-14(23)9-17(27(31)32)19(12)33-11(2)21(29)30/h5-11H,3-4H2,1-2H3,(H,29,30)/t11-/m1/s1. The number of rotatable bonds is 8. The third-order valence-electron chi connectivity index (χ3n) is 4.56. The van der Waals surface area contributed by atoms with Gasteiger partial charge in [-0.15, -0.1) is 0 Å². The van der Waals surface area contributed by atoms with Gasteiger partial charge in [0.15, 0.2) is 6.10 Å². The molecule has 2 aromatic carbocycles. The SMILES string of the molecule is CCCc1nc2ccc(Br)cc2c(=O)n1N=Cc1cc(Br)cc([N+](=O)[O-])c1O[C@H](C)C(=O)O. The second kappa shape index (κ2) is 10.2. The Bertz CT molecular complexity index is 1340. The van der Waals surface area contributed by atoms with Gasteiger partial charge in [0.05, 0.1) is 22.0 Å². The summed E-state index contributed by atoms with van der Waals surface area (Å²) in [5.41, 5.74) is -0.212. The number of nitro benzene ring substituents is 1. The van der Waals surface area contributed by atoms with E-state index in [-0.39, 0.29) is 11.3 Å². The number of nitro groups is 1. The second-order valence-corrected chi connectivity index (χ2v) is 8.83. The zero-order valence-electron chi connectivity index (χ0n) is 17.5. The van der Waals surface area contributed by atoms with E-state index in [1.54, 1.807) is 18.2 Å². The van der Waals surface area contributed by atoms with Crippen LogP contribution in [0.3, 0.4) is 0 Å². The van der Waals surface area contributed by atoms with Crippen molar-refractivity contribution in [3.63, 3.8) is 0 Å². The predicted octanol–water partition coefficient (Wildman–Crippen LogP) is 4.52. The van der Waals surface area contributed by atoms with Crippen LogP contribution >= 0.6 is 31.9 Å². The number of hydrogen-bond donors (Lipinski definition) is 1. The molecule has 3 aromatic rings. The zero-order valence-corrected chi connectivity index (χ0v) is 20.7. The topological polar surface area (TPSA) is 137 Å². The van der Waals surface area contributed by atoms with E-state index in [1.165, 1.54) is 25.3 Å². The molecule has 0 spiro atoms. The summed E-state index contributed by atoms with van der Waals surface area (Å²) in [4.78, 5) is 39.8. The second-order valence-electron chi connectivity index (χ2n) is 7.00. The quantitative estimate of drug-likeness (QED) is 0.234. The molecule has 1 heterocycles. The van der Waals surface area contributed by atoms with Crippen LogP contribution in [0.4, 0.5) is 5.69 Å². The highest BCUT2D eigenvalue weighted by Crippen LogP contribution is 2.34. The molecule has 33 heavy (non-hydrogen) atoms. The molecule has 0 fully saturated rings. The fourth-order valence-electron chi connectivity index (χ4n) is 3.01. The van der Waals surface area contributed by atoms with Crippen molar-refractivity contribution >= 4 is 60.6 Å². The Hall–Kier alpha value is -3.12. The highest BCUT2D eigenvalue weighted by atomic mass is 79.9. The van der Waals surface area contributed by atoms with Crippen molar-refractivity contribution in [2.45, 2.75) is 32.8 Å². The Kier molecular flexibility index (Phi) is 7.59. The summed E-state index contributed by atoms with van der Waals surface area (Å²) in [6, 6.07) is 7.83. The first kappa shape index (κ1) is 24.5. The molecule has 172 valence electrons. The van der Waals surface area contributed by atoms with Gasteiger partial charge in [-0.05, 0) is 37.6 Å². The Morgan fingerprint density at radius 2 is 2.06 bits per heavy atom. The van der Waals surface area contributed by atoms with Crippen molar-refractivity contribution in [3.8, 4) is 5.75 Å². The van der Waals surface area contributed by atoms with Crippen LogP contribution in [0.2, 0.25) is 0 Å². The molecule has 0 aliphatic rings. The number of aryl methyl sites for hydroxylation is 1.